The lowest BCUT2D eigenvalue weighted by Gasteiger charge is -2.17. The van der Waals surface area contributed by atoms with Crippen molar-refractivity contribution in [1.29, 1.82) is 0 Å². The van der Waals surface area contributed by atoms with E-state index in [1.807, 2.05) is 0 Å². The number of methoxy groups -OCH3 is 1. The Balaban J connectivity index is 3.60. The van der Waals surface area contributed by atoms with Crippen molar-refractivity contribution in [3.63, 3.8) is 0 Å². The van der Waals surface area contributed by atoms with E-state index in [0.717, 1.165) is 0 Å². The normalized spacial score (nSPS) is 12.7. The fraction of sp³-hybridized carbons (Fsp3) is 0.455. The molecule has 0 aliphatic rings. The van der Waals surface area contributed by atoms with Crippen molar-refractivity contribution >= 4 is 0 Å². The van der Waals surface area contributed by atoms with Crippen LogP contribution in [0.3, 0.4) is 0 Å². The van der Waals surface area contributed by atoms with E-state index in [2.05, 4.69) is 0 Å². The maximum absolute atomic E-state index is 13.7. The molecule has 0 aliphatic carbocycles. The third-order valence-electron chi connectivity index (χ3n) is 2.50. The van der Waals surface area contributed by atoms with Gasteiger partial charge in [-0.1, -0.05) is 0 Å². The van der Waals surface area contributed by atoms with Crippen molar-refractivity contribution in [3.05, 3.63) is 22.5 Å². The van der Waals surface area contributed by atoms with E-state index in [1.165, 1.54) is 27.9 Å². The van der Waals surface area contributed by atoms with Gasteiger partial charge in [-0.2, -0.15) is 0 Å². The van der Waals surface area contributed by atoms with Gasteiger partial charge >= 0.3 is 0 Å². The molecule has 4 heteroatoms. The third kappa shape index (κ3) is 1.77. The maximum atomic E-state index is 13.7. The SMILES string of the molecule is COc1c(C)c(F)c(C)c(C(C)O)c1O. The van der Waals surface area contributed by atoms with Crippen LogP contribution in [0.5, 0.6) is 11.5 Å². The second-order valence-electron chi connectivity index (χ2n) is 3.54. The van der Waals surface area contributed by atoms with Crippen LogP contribution in [0.25, 0.3) is 0 Å². The highest BCUT2D eigenvalue weighted by molar-refractivity contribution is 5.55. The standard InChI is InChI=1S/C11H15FO3/c1-5-8(7(3)13)10(14)11(15-4)6(2)9(5)12/h7,13-14H,1-4H3. The number of aliphatic hydroxyl groups is 1. The number of hydrogen-bond acceptors (Lipinski definition) is 3. The lowest BCUT2D eigenvalue weighted by molar-refractivity contribution is 0.192. The molecule has 2 N–H and O–H groups in total. The largest absolute Gasteiger partial charge is 0.504 e. The minimum atomic E-state index is -0.936. The van der Waals surface area contributed by atoms with Gasteiger partial charge in [-0.15, -0.1) is 0 Å². The van der Waals surface area contributed by atoms with Crippen LogP contribution in [-0.4, -0.2) is 17.3 Å². The van der Waals surface area contributed by atoms with Crippen LogP contribution in [0.2, 0.25) is 0 Å². The highest BCUT2D eigenvalue weighted by atomic mass is 19.1. The number of phenolic OH excluding ortho intramolecular Hbond substituents is 1. The van der Waals surface area contributed by atoms with Crippen molar-refractivity contribution in [3.8, 4) is 11.5 Å². The molecule has 0 saturated carbocycles. The molecule has 3 nitrogen and oxygen atoms in total. The molecule has 0 bridgehead atoms. The Bertz CT molecular complexity index is 386. The van der Waals surface area contributed by atoms with Gasteiger partial charge in [0.1, 0.15) is 5.82 Å². The zero-order chi connectivity index (χ0) is 11.7. The number of hydrogen-bond donors (Lipinski definition) is 2. The summed E-state index contributed by atoms with van der Waals surface area (Å²) in [5.74, 6) is -0.571. The Hall–Kier alpha value is -1.29. The second kappa shape index (κ2) is 4.06. The molecule has 1 atom stereocenters. The zero-order valence-corrected chi connectivity index (χ0v) is 9.26. The molecule has 1 unspecified atom stereocenters. The number of ether oxygens (including phenoxy) is 1. The van der Waals surface area contributed by atoms with Crippen LogP contribution in [0, 0.1) is 19.7 Å². The monoisotopic (exact) mass is 214 g/mol. The molecule has 0 fully saturated rings. The van der Waals surface area contributed by atoms with Gasteiger partial charge < -0.3 is 14.9 Å². The third-order valence-corrected chi connectivity index (χ3v) is 2.50. The first-order chi connectivity index (χ1) is 6.91. The quantitative estimate of drug-likeness (QED) is 0.793. The summed E-state index contributed by atoms with van der Waals surface area (Å²) in [4.78, 5) is 0. The van der Waals surface area contributed by atoms with E-state index in [9.17, 15) is 14.6 Å². The van der Waals surface area contributed by atoms with Gasteiger partial charge in [-0.3, -0.25) is 0 Å². The lowest BCUT2D eigenvalue weighted by atomic mass is 9.98. The van der Waals surface area contributed by atoms with Crippen LogP contribution in [-0.2, 0) is 0 Å². The molecule has 1 aromatic carbocycles. The van der Waals surface area contributed by atoms with Crippen molar-refractivity contribution in [2.24, 2.45) is 0 Å². The summed E-state index contributed by atoms with van der Waals surface area (Å²) in [6, 6.07) is 0. The van der Waals surface area contributed by atoms with Gasteiger partial charge in [0.25, 0.3) is 0 Å². The molecule has 1 rings (SSSR count). The smallest absolute Gasteiger partial charge is 0.166 e. The highest BCUT2D eigenvalue weighted by Crippen LogP contribution is 2.40. The summed E-state index contributed by atoms with van der Waals surface area (Å²) in [7, 11) is 1.35. The minimum absolute atomic E-state index is 0.0778. The number of halogens is 1. The number of aliphatic hydroxyl groups excluding tert-OH is 1. The van der Waals surface area contributed by atoms with Gasteiger partial charge in [0, 0.05) is 11.1 Å². The zero-order valence-electron chi connectivity index (χ0n) is 9.26. The van der Waals surface area contributed by atoms with Crippen LogP contribution in [0.1, 0.15) is 29.7 Å². The summed E-state index contributed by atoms with van der Waals surface area (Å²) in [5, 5.41) is 19.2. The summed E-state index contributed by atoms with van der Waals surface area (Å²) < 4.78 is 18.6. The van der Waals surface area contributed by atoms with Crippen LogP contribution in [0.15, 0.2) is 0 Å². The van der Waals surface area contributed by atoms with Gasteiger partial charge in [0.15, 0.2) is 11.5 Å². The van der Waals surface area contributed by atoms with Gasteiger partial charge in [0.05, 0.1) is 13.2 Å². The van der Waals surface area contributed by atoms with E-state index < -0.39 is 11.9 Å². The minimum Gasteiger partial charge on any atom is -0.504 e. The Labute approximate surface area is 88.1 Å². The number of aromatic hydroxyl groups is 1. The first-order valence-electron chi connectivity index (χ1n) is 4.65. The van der Waals surface area contributed by atoms with Crippen molar-refractivity contribution in [2.45, 2.75) is 26.9 Å². The predicted octanol–water partition coefficient (Wildman–Crippen LogP) is 2.21. The summed E-state index contributed by atoms with van der Waals surface area (Å²) in [6.45, 7) is 4.51. The van der Waals surface area contributed by atoms with Crippen LogP contribution in [0.4, 0.5) is 4.39 Å². The van der Waals surface area contributed by atoms with Crippen molar-refractivity contribution < 1.29 is 19.3 Å². The summed E-state index contributed by atoms with van der Waals surface area (Å²) in [5.41, 5.74) is 0.674. The lowest BCUT2D eigenvalue weighted by Crippen LogP contribution is -2.03. The van der Waals surface area contributed by atoms with Crippen LogP contribution < -0.4 is 4.74 Å². The first-order valence-corrected chi connectivity index (χ1v) is 4.65. The Morgan fingerprint density at radius 3 is 2.20 bits per heavy atom. The molecule has 0 aromatic heterocycles. The molecule has 84 valence electrons. The molecule has 0 spiro atoms. The van der Waals surface area contributed by atoms with E-state index in [4.69, 9.17) is 4.74 Å². The molecule has 0 radical (unpaired) electrons. The Morgan fingerprint density at radius 2 is 1.80 bits per heavy atom. The van der Waals surface area contributed by atoms with E-state index in [-0.39, 0.29) is 28.2 Å². The van der Waals surface area contributed by atoms with Crippen molar-refractivity contribution in [2.75, 3.05) is 7.11 Å². The topological polar surface area (TPSA) is 49.7 Å². The fourth-order valence-corrected chi connectivity index (χ4v) is 1.74. The van der Waals surface area contributed by atoms with Gasteiger partial charge in [0.2, 0.25) is 0 Å². The number of rotatable bonds is 2. The van der Waals surface area contributed by atoms with Crippen LogP contribution >= 0.6 is 0 Å². The first kappa shape index (κ1) is 11.8. The van der Waals surface area contributed by atoms with E-state index in [1.54, 1.807) is 0 Å². The second-order valence-corrected chi connectivity index (χ2v) is 3.54. The fourth-order valence-electron chi connectivity index (χ4n) is 1.74. The molecule has 0 saturated heterocycles. The summed E-state index contributed by atoms with van der Waals surface area (Å²) >= 11 is 0. The maximum Gasteiger partial charge on any atom is 0.166 e. The average Bonchev–Trinajstić information content (AvgIpc) is 2.15. The summed E-state index contributed by atoms with van der Waals surface area (Å²) in [6.07, 6.45) is -0.936. The molecule has 0 aliphatic heterocycles. The molecule has 0 amide bonds. The highest BCUT2D eigenvalue weighted by Gasteiger charge is 2.22. The average molecular weight is 214 g/mol. The molecule has 1 aromatic rings. The predicted molar refractivity (Wildman–Crippen MR) is 54.7 cm³/mol. The van der Waals surface area contributed by atoms with E-state index >= 15 is 0 Å². The Kier molecular flexibility index (Phi) is 3.19. The van der Waals surface area contributed by atoms with E-state index in [0.29, 0.717) is 0 Å². The number of phenols is 1. The Morgan fingerprint density at radius 1 is 1.27 bits per heavy atom. The molecular weight excluding hydrogens is 199 g/mol. The van der Waals surface area contributed by atoms with Gasteiger partial charge in [-0.25, -0.2) is 4.39 Å². The van der Waals surface area contributed by atoms with Crippen molar-refractivity contribution in [1.82, 2.24) is 0 Å². The molecular formula is C11H15FO3. The molecule has 0 heterocycles. The molecule has 15 heavy (non-hydrogen) atoms. The number of benzene rings is 1. The van der Waals surface area contributed by atoms with Gasteiger partial charge in [-0.05, 0) is 26.3 Å².